The molecule has 3 aromatic rings. The van der Waals surface area contributed by atoms with E-state index in [0.717, 1.165) is 22.8 Å². The van der Waals surface area contributed by atoms with E-state index in [-0.39, 0.29) is 18.4 Å². The number of carbonyl (C=O) groups excluding carboxylic acids is 2. The Hall–Kier alpha value is -3.41. The lowest BCUT2D eigenvalue weighted by molar-refractivity contribution is -0.116. The third-order valence-corrected chi connectivity index (χ3v) is 4.60. The van der Waals surface area contributed by atoms with Gasteiger partial charge in [-0.05, 0) is 51.1 Å². The average molecular weight is 376 g/mol. The number of hydrogen-bond donors (Lipinski definition) is 1. The van der Waals surface area contributed by atoms with Crippen LogP contribution in [0.25, 0.3) is 5.82 Å². The number of pyridine rings is 1. The molecule has 0 bridgehead atoms. The first kappa shape index (κ1) is 19.4. The number of aromatic nitrogens is 2. The standard InChI is InChI=1S/C22H24N4O2/c1-15-8-10-18(11-9-15)24-21(27)14-25(4)22(28)19-13-16(2)26(17(19)3)20-7-5-6-12-23-20/h5-13H,14H2,1-4H3,(H,24,27). The van der Waals surface area contributed by atoms with Gasteiger partial charge in [0.15, 0.2) is 0 Å². The average Bonchev–Trinajstić information content (AvgIpc) is 2.97. The molecule has 144 valence electrons. The minimum absolute atomic E-state index is 0.0278. The molecule has 0 fully saturated rings. The third-order valence-electron chi connectivity index (χ3n) is 4.60. The predicted octanol–water partition coefficient (Wildman–Crippen LogP) is 3.51. The Morgan fingerprint density at radius 3 is 2.43 bits per heavy atom. The van der Waals surface area contributed by atoms with Gasteiger partial charge in [0.05, 0.1) is 12.1 Å². The van der Waals surface area contributed by atoms with Crippen molar-refractivity contribution >= 4 is 17.5 Å². The van der Waals surface area contributed by atoms with Crippen LogP contribution in [-0.2, 0) is 4.79 Å². The molecule has 2 heterocycles. The number of nitrogens with zero attached hydrogens (tertiary/aromatic N) is 3. The zero-order chi connectivity index (χ0) is 20.3. The van der Waals surface area contributed by atoms with Crippen LogP contribution in [0, 0.1) is 20.8 Å². The van der Waals surface area contributed by atoms with E-state index in [1.165, 1.54) is 4.90 Å². The summed E-state index contributed by atoms with van der Waals surface area (Å²) in [6, 6.07) is 15.0. The molecule has 0 saturated carbocycles. The van der Waals surface area contributed by atoms with Gasteiger partial charge < -0.3 is 14.8 Å². The van der Waals surface area contributed by atoms with Gasteiger partial charge in [0.25, 0.3) is 5.91 Å². The quantitative estimate of drug-likeness (QED) is 0.741. The summed E-state index contributed by atoms with van der Waals surface area (Å²) in [4.78, 5) is 31.0. The summed E-state index contributed by atoms with van der Waals surface area (Å²) < 4.78 is 1.94. The lowest BCUT2D eigenvalue weighted by atomic mass is 10.2. The molecule has 0 radical (unpaired) electrons. The Balaban J connectivity index is 1.73. The first-order valence-electron chi connectivity index (χ1n) is 9.09. The Morgan fingerprint density at radius 1 is 1.07 bits per heavy atom. The SMILES string of the molecule is Cc1ccc(NC(=O)CN(C)C(=O)c2cc(C)n(-c3ccccn3)c2C)cc1. The van der Waals surface area contributed by atoms with Crippen LogP contribution in [0.15, 0.2) is 54.7 Å². The number of benzene rings is 1. The molecule has 6 nitrogen and oxygen atoms in total. The molecule has 0 saturated heterocycles. The summed E-state index contributed by atoms with van der Waals surface area (Å²) in [5.74, 6) is 0.323. The van der Waals surface area contributed by atoms with Crippen LogP contribution in [0.2, 0.25) is 0 Å². The van der Waals surface area contributed by atoms with Crippen molar-refractivity contribution < 1.29 is 9.59 Å². The van der Waals surface area contributed by atoms with Gasteiger partial charge in [-0.25, -0.2) is 4.98 Å². The van der Waals surface area contributed by atoms with Gasteiger partial charge >= 0.3 is 0 Å². The van der Waals surface area contributed by atoms with Crippen LogP contribution < -0.4 is 5.32 Å². The first-order chi connectivity index (χ1) is 13.4. The van der Waals surface area contributed by atoms with Gasteiger partial charge in [0.1, 0.15) is 5.82 Å². The second-order valence-electron chi connectivity index (χ2n) is 6.88. The maximum absolute atomic E-state index is 12.9. The van der Waals surface area contributed by atoms with Crippen molar-refractivity contribution in [2.45, 2.75) is 20.8 Å². The number of nitrogens with one attached hydrogen (secondary N) is 1. The van der Waals surface area contributed by atoms with E-state index in [1.807, 2.05) is 73.9 Å². The summed E-state index contributed by atoms with van der Waals surface area (Å²) in [5, 5.41) is 2.82. The molecule has 0 atom stereocenters. The Bertz CT molecular complexity index is 991. The molecule has 0 aliphatic heterocycles. The van der Waals surface area contributed by atoms with Gasteiger partial charge in [-0.15, -0.1) is 0 Å². The number of likely N-dealkylation sites (N-methyl/N-ethyl adjacent to an activating group) is 1. The highest BCUT2D eigenvalue weighted by atomic mass is 16.2. The number of anilines is 1. The normalized spacial score (nSPS) is 10.6. The lowest BCUT2D eigenvalue weighted by Crippen LogP contribution is -2.35. The molecule has 0 spiro atoms. The molecule has 28 heavy (non-hydrogen) atoms. The van der Waals surface area contributed by atoms with Crippen molar-refractivity contribution in [3.05, 3.63) is 77.2 Å². The Kier molecular flexibility index (Phi) is 5.59. The van der Waals surface area contributed by atoms with E-state index in [2.05, 4.69) is 10.3 Å². The van der Waals surface area contributed by atoms with Gasteiger partial charge in [-0.3, -0.25) is 9.59 Å². The van der Waals surface area contributed by atoms with Crippen LogP contribution in [0.3, 0.4) is 0 Å². The summed E-state index contributed by atoms with van der Waals surface area (Å²) in [6.07, 6.45) is 1.72. The van der Waals surface area contributed by atoms with Crippen molar-refractivity contribution in [1.29, 1.82) is 0 Å². The fourth-order valence-electron chi connectivity index (χ4n) is 3.15. The van der Waals surface area contributed by atoms with E-state index in [0.29, 0.717) is 11.3 Å². The molecule has 6 heteroatoms. The second-order valence-corrected chi connectivity index (χ2v) is 6.88. The summed E-state index contributed by atoms with van der Waals surface area (Å²) >= 11 is 0. The van der Waals surface area contributed by atoms with Crippen LogP contribution >= 0.6 is 0 Å². The Labute approximate surface area is 164 Å². The molecule has 2 amide bonds. The maximum atomic E-state index is 12.9. The third kappa shape index (κ3) is 4.11. The zero-order valence-corrected chi connectivity index (χ0v) is 16.6. The number of rotatable bonds is 5. The minimum Gasteiger partial charge on any atom is -0.332 e. The van der Waals surface area contributed by atoms with Crippen LogP contribution in [0.4, 0.5) is 5.69 Å². The molecule has 0 aliphatic carbocycles. The number of carbonyl (C=O) groups is 2. The van der Waals surface area contributed by atoms with Crippen molar-refractivity contribution in [3.8, 4) is 5.82 Å². The fourth-order valence-corrected chi connectivity index (χ4v) is 3.15. The number of hydrogen-bond acceptors (Lipinski definition) is 3. The Morgan fingerprint density at radius 2 is 1.79 bits per heavy atom. The van der Waals surface area contributed by atoms with Crippen molar-refractivity contribution in [1.82, 2.24) is 14.5 Å². The van der Waals surface area contributed by atoms with Gasteiger partial charge in [0, 0.05) is 30.3 Å². The summed E-state index contributed by atoms with van der Waals surface area (Å²) in [6.45, 7) is 5.77. The lowest BCUT2D eigenvalue weighted by Gasteiger charge is -2.17. The summed E-state index contributed by atoms with van der Waals surface area (Å²) in [5.41, 5.74) is 4.11. The topological polar surface area (TPSA) is 67.2 Å². The van der Waals surface area contributed by atoms with Crippen LogP contribution in [-0.4, -0.2) is 39.9 Å². The summed E-state index contributed by atoms with van der Waals surface area (Å²) in [7, 11) is 1.63. The van der Waals surface area contributed by atoms with E-state index in [4.69, 9.17) is 0 Å². The van der Waals surface area contributed by atoms with E-state index in [9.17, 15) is 9.59 Å². The molecule has 3 rings (SSSR count). The molecule has 1 N–H and O–H groups in total. The number of amides is 2. The van der Waals surface area contributed by atoms with Gasteiger partial charge in [-0.2, -0.15) is 0 Å². The van der Waals surface area contributed by atoms with Crippen molar-refractivity contribution in [2.75, 3.05) is 18.9 Å². The first-order valence-corrected chi connectivity index (χ1v) is 9.09. The fraction of sp³-hybridized carbons (Fsp3) is 0.227. The minimum atomic E-state index is -0.238. The van der Waals surface area contributed by atoms with E-state index in [1.54, 1.807) is 13.2 Å². The zero-order valence-electron chi connectivity index (χ0n) is 16.6. The highest BCUT2D eigenvalue weighted by Crippen LogP contribution is 2.20. The van der Waals surface area contributed by atoms with Gasteiger partial charge in [-0.1, -0.05) is 23.8 Å². The largest absolute Gasteiger partial charge is 0.332 e. The second kappa shape index (κ2) is 8.08. The predicted molar refractivity (Wildman–Crippen MR) is 110 cm³/mol. The van der Waals surface area contributed by atoms with Crippen LogP contribution in [0.1, 0.15) is 27.3 Å². The molecular weight excluding hydrogens is 352 g/mol. The van der Waals surface area contributed by atoms with E-state index < -0.39 is 0 Å². The maximum Gasteiger partial charge on any atom is 0.255 e. The monoisotopic (exact) mass is 376 g/mol. The van der Waals surface area contributed by atoms with Crippen molar-refractivity contribution in [2.24, 2.45) is 0 Å². The molecule has 0 aliphatic rings. The number of aryl methyl sites for hydroxylation is 2. The molecule has 0 unspecified atom stereocenters. The van der Waals surface area contributed by atoms with E-state index >= 15 is 0 Å². The molecule has 1 aromatic carbocycles. The highest BCUT2D eigenvalue weighted by molar-refractivity contribution is 6.00. The smallest absolute Gasteiger partial charge is 0.255 e. The van der Waals surface area contributed by atoms with Crippen molar-refractivity contribution in [3.63, 3.8) is 0 Å². The van der Waals surface area contributed by atoms with Crippen LogP contribution in [0.5, 0.6) is 0 Å². The molecule has 2 aromatic heterocycles. The highest BCUT2D eigenvalue weighted by Gasteiger charge is 2.21. The molecular formula is C22H24N4O2. The van der Waals surface area contributed by atoms with Gasteiger partial charge in [0.2, 0.25) is 5.91 Å².